The molecule has 1 aromatic carbocycles. The number of benzene rings is 1. The Hall–Kier alpha value is -3.72. The SMILES string of the molecule is O=C(Nc1cc2cn(C3CCC(O)(C4CC4)CC3)nc2cc1-n1cccn1)c1cccc(C2CC2)[n+]1O. The third kappa shape index (κ3) is 4.07. The van der Waals surface area contributed by atoms with E-state index in [2.05, 4.69) is 10.4 Å². The zero-order chi connectivity index (χ0) is 25.1. The van der Waals surface area contributed by atoms with Gasteiger partial charge in [-0.1, -0.05) is 0 Å². The van der Waals surface area contributed by atoms with Crippen molar-refractivity contribution in [3.05, 3.63) is 66.4 Å². The van der Waals surface area contributed by atoms with Gasteiger partial charge in [0.05, 0.1) is 28.5 Å². The van der Waals surface area contributed by atoms with E-state index in [1.165, 1.54) is 0 Å². The van der Waals surface area contributed by atoms with Gasteiger partial charge in [0.2, 0.25) is 5.69 Å². The standard InChI is InChI=1S/C28H30N6O3/c35-27(25-4-1-3-24(34(25)37)18-5-6-18)30-23-15-19-17-33(21-9-11-28(36,12-10-21)20-7-8-20)31-22(19)16-26(23)32-14-2-13-29-32/h1-4,13-18,20-21,36H,5-12H2,(H-,30,35,37)/p+1. The molecule has 9 heteroatoms. The van der Waals surface area contributed by atoms with Gasteiger partial charge in [0.25, 0.3) is 0 Å². The molecule has 3 aromatic heterocycles. The minimum Gasteiger partial charge on any atom is -0.390 e. The van der Waals surface area contributed by atoms with Crippen LogP contribution in [0.25, 0.3) is 16.6 Å². The van der Waals surface area contributed by atoms with E-state index in [1.54, 1.807) is 16.9 Å². The maximum absolute atomic E-state index is 13.3. The Morgan fingerprint density at radius 3 is 2.59 bits per heavy atom. The van der Waals surface area contributed by atoms with Crippen LogP contribution in [0.1, 0.15) is 79.5 Å². The van der Waals surface area contributed by atoms with E-state index >= 15 is 0 Å². The Balaban J connectivity index is 1.20. The maximum Gasteiger partial charge on any atom is 0.325 e. The fourth-order valence-electron chi connectivity index (χ4n) is 5.93. The summed E-state index contributed by atoms with van der Waals surface area (Å²) in [7, 11) is 0. The summed E-state index contributed by atoms with van der Waals surface area (Å²) in [5, 5.41) is 34.8. The summed E-state index contributed by atoms with van der Waals surface area (Å²) in [5.74, 6) is 0.395. The number of hydrogen-bond donors (Lipinski definition) is 3. The lowest BCUT2D eigenvalue weighted by molar-refractivity contribution is -0.910. The number of pyridine rings is 1. The molecule has 0 aliphatic heterocycles. The van der Waals surface area contributed by atoms with Crippen LogP contribution in [0.3, 0.4) is 0 Å². The summed E-state index contributed by atoms with van der Waals surface area (Å²) in [6.07, 6.45) is 13.4. The molecule has 0 spiro atoms. The van der Waals surface area contributed by atoms with Crippen molar-refractivity contribution in [3.8, 4) is 5.69 Å². The van der Waals surface area contributed by atoms with E-state index in [1.807, 2.05) is 47.4 Å². The van der Waals surface area contributed by atoms with Crippen LogP contribution in [0.15, 0.2) is 55.0 Å². The second kappa shape index (κ2) is 8.41. The molecule has 3 N–H and O–H groups in total. The van der Waals surface area contributed by atoms with Crippen LogP contribution in [0.2, 0.25) is 0 Å². The van der Waals surface area contributed by atoms with Crippen LogP contribution < -0.4 is 10.0 Å². The Kier molecular flexibility index (Phi) is 5.11. The third-order valence-electron chi connectivity index (χ3n) is 8.39. The summed E-state index contributed by atoms with van der Waals surface area (Å²) in [4.78, 5) is 13.3. The highest BCUT2D eigenvalue weighted by molar-refractivity contribution is 6.04. The molecule has 9 nitrogen and oxygen atoms in total. The molecular formula is C28H31N6O3+. The Morgan fingerprint density at radius 1 is 1.08 bits per heavy atom. The Bertz CT molecular complexity index is 1480. The van der Waals surface area contributed by atoms with E-state index < -0.39 is 11.5 Å². The van der Waals surface area contributed by atoms with Crippen LogP contribution in [0.4, 0.5) is 5.69 Å². The van der Waals surface area contributed by atoms with Crippen LogP contribution >= 0.6 is 0 Å². The maximum atomic E-state index is 13.3. The summed E-state index contributed by atoms with van der Waals surface area (Å²) in [6, 6.07) is 11.2. The number of carbonyl (C=O) groups is 1. The number of anilines is 1. The van der Waals surface area contributed by atoms with Crippen molar-refractivity contribution in [2.24, 2.45) is 5.92 Å². The van der Waals surface area contributed by atoms with Gasteiger partial charge < -0.3 is 10.4 Å². The lowest BCUT2D eigenvalue weighted by Crippen LogP contribution is -2.43. The average molecular weight is 500 g/mol. The highest BCUT2D eigenvalue weighted by Gasteiger charge is 2.46. The van der Waals surface area contributed by atoms with E-state index in [-0.39, 0.29) is 11.7 Å². The Morgan fingerprint density at radius 2 is 1.89 bits per heavy atom. The number of nitrogens with zero attached hydrogens (tertiary/aromatic N) is 5. The smallest absolute Gasteiger partial charge is 0.325 e. The minimum atomic E-state index is -0.492. The predicted molar refractivity (Wildman–Crippen MR) is 136 cm³/mol. The first-order chi connectivity index (χ1) is 18.0. The van der Waals surface area contributed by atoms with Crippen molar-refractivity contribution in [2.45, 2.75) is 68.9 Å². The van der Waals surface area contributed by atoms with Crippen molar-refractivity contribution < 1.29 is 19.8 Å². The molecule has 190 valence electrons. The molecular weight excluding hydrogens is 468 g/mol. The zero-order valence-corrected chi connectivity index (χ0v) is 20.6. The van der Waals surface area contributed by atoms with Gasteiger partial charge in [-0.2, -0.15) is 10.2 Å². The lowest BCUT2D eigenvalue weighted by Gasteiger charge is -2.36. The predicted octanol–water partition coefficient (Wildman–Crippen LogP) is 4.13. The molecule has 37 heavy (non-hydrogen) atoms. The number of nitrogens with one attached hydrogen (secondary N) is 1. The van der Waals surface area contributed by atoms with Crippen LogP contribution in [0.5, 0.6) is 0 Å². The van der Waals surface area contributed by atoms with Crippen molar-refractivity contribution in [1.29, 1.82) is 0 Å². The van der Waals surface area contributed by atoms with E-state index in [4.69, 9.17) is 5.10 Å². The van der Waals surface area contributed by atoms with Gasteiger partial charge in [0.15, 0.2) is 0 Å². The quantitative estimate of drug-likeness (QED) is 0.273. The van der Waals surface area contributed by atoms with Crippen LogP contribution in [-0.2, 0) is 0 Å². The highest BCUT2D eigenvalue weighted by atomic mass is 16.5. The second-order valence-corrected chi connectivity index (χ2v) is 11.0. The van der Waals surface area contributed by atoms with Gasteiger partial charge in [0.1, 0.15) is 0 Å². The molecule has 0 bridgehead atoms. The average Bonchev–Trinajstić information content (AvgIpc) is 3.83. The zero-order valence-electron chi connectivity index (χ0n) is 20.6. The first kappa shape index (κ1) is 22.5. The molecule has 7 rings (SSSR count). The second-order valence-electron chi connectivity index (χ2n) is 11.0. The summed E-state index contributed by atoms with van der Waals surface area (Å²) in [6.45, 7) is 0. The van der Waals surface area contributed by atoms with E-state index in [9.17, 15) is 15.1 Å². The van der Waals surface area contributed by atoms with Crippen molar-refractivity contribution in [1.82, 2.24) is 19.6 Å². The molecule has 4 aromatic rings. The van der Waals surface area contributed by atoms with Gasteiger partial charge in [-0.25, -0.2) is 4.68 Å². The number of aliphatic hydroxyl groups is 1. The molecule has 1 amide bonds. The monoisotopic (exact) mass is 499 g/mol. The summed E-state index contributed by atoms with van der Waals surface area (Å²) in [5.41, 5.74) is 2.57. The minimum absolute atomic E-state index is 0.192. The largest absolute Gasteiger partial charge is 0.390 e. The van der Waals surface area contributed by atoms with E-state index in [0.717, 1.165) is 72.7 Å². The molecule has 3 fully saturated rings. The normalized spacial score (nSPS) is 23.9. The van der Waals surface area contributed by atoms with Gasteiger partial charge in [-0.15, -0.1) is 0 Å². The topological polar surface area (TPSA) is 109 Å². The van der Waals surface area contributed by atoms with Crippen molar-refractivity contribution in [3.63, 3.8) is 0 Å². The van der Waals surface area contributed by atoms with Crippen molar-refractivity contribution in [2.75, 3.05) is 5.32 Å². The first-order valence-electron chi connectivity index (χ1n) is 13.3. The van der Waals surface area contributed by atoms with Gasteiger partial charge in [-0.05, 0) is 81.5 Å². The number of fused-ring (bicyclic) bond motifs is 1. The highest BCUT2D eigenvalue weighted by Crippen LogP contribution is 2.49. The Labute approximate surface area is 214 Å². The molecule has 0 saturated heterocycles. The third-order valence-corrected chi connectivity index (χ3v) is 8.39. The number of aromatic nitrogens is 5. The number of hydrogen-bond acceptors (Lipinski definition) is 5. The fourth-order valence-corrected chi connectivity index (χ4v) is 5.93. The molecule has 0 unspecified atom stereocenters. The molecule has 0 radical (unpaired) electrons. The van der Waals surface area contributed by atoms with Gasteiger partial charge >= 0.3 is 11.6 Å². The summed E-state index contributed by atoms with van der Waals surface area (Å²) < 4.78 is 4.75. The molecule has 3 aliphatic rings. The summed E-state index contributed by atoms with van der Waals surface area (Å²) >= 11 is 0. The molecule has 0 atom stereocenters. The van der Waals surface area contributed by atoms with Gasteiger partial charge in [-0.3, -0.25) is 14.7 Å². The van der Waals surface area contributed by atoms with Gasteiger partial charge in [0, 0.05) is 46.8 Å². The number of rotatable bonds is 6. The number of carbonyl (C=O) groups excluding carboxylic acids is 1. The van der Waals surface area contributed by atoms with E-state index in [0.29, 0.717) is 23.2 Å². The van der Waals surface area contributed by atoms with Crippen LogP contribution in [-0.4, -0.2) is 41.4 Å². The first-order valence-corrected chi connectivity index (χ1v) is 13.3. The fraction of sp³-hybridized carbons (Fsp3) is 0.429. The molecule has 3 saturated carbocycles. The van der Waals surface area contributed by atoms with Crippen LogP contribution in [0, 0.1) is 5.92 Å². The molecule has 3 aliphatic carbocycles. The van der Waals surface area contributed by atoms with Crippen molar-refractivity contribution >= 4 is 22.5 Å². The molecule has 3 heterocycles. The lowest BCUT2D eigenvalue weighted by atomic mass is 9.79. The number of amides is 1.